The van der Waals surface area contributed by atoms with Crippen LogP contribution in [0, 0.1) is 20.8 Å². The van der Waals surface area contributed by atoms with E-state index in [9.17, 15) is 4.79 Å². The van der Waals surface area contributed by atoms with Crippen LogP contribution in [0.4, 0.5) is 0 Å². The highest BCUT2D eigenvalue weighted by Gasteiger charge is 2.41. The summed E-state index contributed by atoms with van der Waals surface area (Å²) < 4.78 is 7.02. The van der Waals surface area contributed by atoms with Crippen LogP contribution in [0.25, 0.3) is 5.82 Å². The molecule has 0 saturated carbocycles. The van der Waals surface area contributed by atoms with Gasteiger partial charge < -0.3 is 19.5 Å². The van der Waals surface area contributed by atoms with E-state index < -0.39 is 0 Å². The Labute approximate surface area is 199 Å². The number of hydrogen-bond acceptors (Lipinski definition) is 5. The van der Waals surface area contributed by atoms with Crippen molar-refractivity contribution in [2.75, 3.05) is 13.7 Å². The second kappa shape index (κ2) is 9.70. The number of thiocarbonyl (C=S) groups is 1. The zero-order valence-electron chi connectivity index (χ0n) is 19.4. The van der Waals surface area contributed by atoms with Crippen LogP contribution >= 0.6 is 12.2 Å². The molecule has 1 saturated heterocycles. The molecule has 1 N–H and O–H groups in total. The molecule has 1 fully saturated rings. The van der Waals surface area contributed by atoms with Gasteiger partial charge in [0.25, 0.3) is 0 Å². The van der Waals surface area contributed by atoms with Gasteiger partial charge in [0.2, 0.25) is 0 Å². The van der Waals surface area contributed by atoms with Crippen LogP contribution in [0.5, 0.6) is 0 Å². The molecule has 0 aliphatic carbocycles. The topological polar surface area (TPSA) is 72.3 Å². The van der Waals surface area contributed by atoms with Crippen molar-refractivity contribution in [2.24, 2.45) is 0 Å². The molecule has 3 aromatic heterocycles. The Morgan fingerprint density at radius 1 is 1.15 bits per heavy atom. The first-order valence-electron chi connectivity index (χ1n) is 11.1. The normalized spacial score (nSPS) is 17.8. The van der Waals surface area contributed by atoms with Gasteiger partial charge in [-0.15, -0.1) is 0 Å². The fourth-order valence-electron chi connectivity index (χ4n) is 4.61. The standard InChI is InChI=1S/C25H29N5O2S/c1-16-9-7-13-27-24(16)30-17(2)15-19(18(30)3)23-22(20-10-5-6-12-26-20)28-25(33)29(23)14-8-11-21(31)32-4/h5-7,9-10,12-13,15,22-23H,8,11,14H2,1-4H3,(H,28,33)/t22-,23-/m1/s1. The smallest absolute Gasteiger partial charge is 0.305 e. The number of aryl methyl sites for hydroxylation is 2. The first-order valence-corrected chi connectivity index (χ1v) is 11.5. The predicted octanol–water partition coefficient (Wildman–Crippen LogP) is 4.12. The quantitative estimate of drug-likeness (QED) is 0.417. The van der Waals surface area contributed by atoms with E-state index in [2.05, 4.69) is 57.7 Å². The minimum atomic E-state index is -0.213. The molecule has 33 heavy (non-hydrogen) atoms. The molecule has 1 aliphatic rings. The van der Waals surface area contributed by atoms with Gasteiger partial charge in [0.05, 0.1) is 24.9 Å². The number of nitrogens with zero attached hydrogens (tertiary/aromatic N) is 4. The number of carbonyl (C=O) groups is 1. The van der Waals surface area contributed by atoms with Crippen molar-refractivity contribution in [1.82, 2.24) is 24.8 Å². The third-order valence-electron chi connectivity index (χ3n) is 6.19. The lowest BCUT2D eigenvalue weighted by molar-refractivity contribution is -0.140. The summed E-state index contributed by atoms with van der Waals surface area (Å²) in [6.45, 7) is 6.94. The minimum absolute atomic E-state index is 0.0611. The third kappa shape index (κ3) is 4.48. The van der Waals surface area contributed by atoms with Crippen LogP contribution in [0.2, 0.25) is 0 Å². The highest BCUT2D eigenvalue weighted by molar-refractivity contribution is 7.80. The number of esters is 1. The van der Waals surface area contributed by atoms with Crippen molar-refractivity contribution in [2.45, 2.75) is 45.7 Å². The molecular formula is C25H29N5O2S. The Morgan fingerprint density at radius 2 is 1.94 bits per heavy atom. The summed E-state index contributed by atoms with van der Waals surface area (Å²) >= 11 is 5.75. The van der Waals surface area contributed by atoms with Gasteiger partial charge in [-0.3, -0.25) is 9.78 Å². The third-order valence-corrected chi connectivity index (χ3v) is 6.54. The van der Waals surface area contributed by atoms with Gasteiger partial charge in [-0.05, 0) is 74.8 Å². The summed E-state index contributed by atoms with van der Waals surface area (Å²) in [4.78, 5) is 23.1. The van der Waals surface area contributed by atoms with E-state index in [1.54, 1.807) is 6.20 Å². The second-order valence-electron chi connectivity index (χ2n) is 8.31. The Morgan fingerprint density at radius 3 is 2.64 bits per heavy atom. The molecule has 7 nitrogen and oxygen atoms in total. The summed E-state index contributed by atoms with van der Waals surface area (Å²) in [5.74, 6) is 0.716. The minimum Gasteiger partial charge on any atom is -0.469 e. The highest BCUT2D eigenvalue weighted by Crippen LogP contribution is 2.41. The Bertz CT molecular complexity index is 1160. The van der Waals surface area contributed by atoms with Crippen molar-refractivity contribution < 1.29 is 9.53 Å². The number of ether oxygens (including phenoxy) is 1. The highest BCUT2D eigenvalue weighted by atomic mass is 32.1. The first-order chi connectivity index (χ1) is 15.9. The molecule has 0 spiro atoms. The van der Waals surface area contributed by atoms with Crippen LogP contribution in [0.3, 0.4) is 0 Å². The molecule has 3 aromatic rings. The van der Waals surface area contributed by atoms with Gasteiger partial charge >= 0.3 is 5.97 Å². The maximum atomic E-state index is 11.7. The maximum absolute atomic E-state index is 11.7. The Hall–Kier alpha value is -3.26. The van der Waals surface area contributed by atoms with Crippen molar-refractivity contribution in [1.29, 1.82) is 0 Å². The van der Waals surface area contributed by atoms with E-state index in [0.29, 0.717) is 24.5 Å². The molecule has 4 rings (SSSR count). The number of rotatable bonds is 7. The molecule has 172 valence electrons. The molecule has 1 aliphatic heterocycles. The molecular weight excluding hydrogens is 434 g/mol. The van der Waals surface area contributed by atoms with E-state index in [4.69, 9.17) is 17.0 Å². The van der Waals surface area contributed by atoms with Gasteiger partial charge in [0.1, 0.15) is 5.82 Å². The van der Waals surface area contributed by atoms with E-state index in [1.807, 2.05) is 30.5 Å². The lowest BCUT2D eigenvalue weighted by Gasteiger charge is -2.28. The summed E-state index contributed by atoms with van der Waals surface area (Å²) in [5.41, 5.74) is 5.43. The van der Waals surface area contributed by atoms with E-state index in [0.717, 1.165) is 28.5 Å². The largest absolute Gasteiger partial charge is 0.469 e. The lowest BCUT2D eigenvalue weighted by atomic mass is 9.96. The molecule has 0 unspecified atom stereocenters. The molecule has 0 amide bonds. The number of hydrogen-bond donors (Lipinski definition) is 1. The van der Waals surface area contributed by atoms with Crippen LogP contribution in [0.15, 0.2) is 48.8 Å². The summed E-state index contributed by atoms with van der Waals surface area (Å²) in [6.07, 6.45) is 4.63. The fraction of sp³-hybridized carbons (Fsp3) is 0.360. The summed E-state index contributed by atoms with van der Waals surface area (Å²) in [5, 5.41) is 4.15. The monoisotopic (exact) mass is 463 g/mol. The van der Waals surface area contributed by atoms with Crippen molar-refractivity contribution in [3.63, 3.8) is 0 Å². The average molecular weight is 464 g/mol. The van der Waals surface area contributed by atoms with E-state index in [1.165, 1.54) is 12.7 Å². The van der Waals surface area contributed by atoms with Gasteiger partial charge in [-0.25, -0.2) is 4.98 Å². The molecule has 2 atom stereocenters. The number of carbonyl (C=O) groups excluding carboxylic acids is 1. The van der Waals surface area contributed by atoms with Crippen molar-refractivity contribution >= 4 is 23.3 Å². The number of pyridine rings is 2. The van der Waals surface area contributed by atoms with Crippen LogP contribution in [-0.2, 0) is 9.53 Å². The summed E-state index contributed by atoms with van der Waals surface area (Å²) in [7, 11) is 1.42. The van der Waals surface area contributed by atoms with Crippen LogP contribution < -0.4 is 5.32 Å². The maximum Gasteiger partial charge on any atom is 0.305 e. The zero-order chi connectivity index (χ0) is 23.5. The average Bonchev–Trinajstić information content (AvgIpc) is 3.30. The van der Waals surface area contributed by atoms with Gasteiger partial charge in [0.15, 0.2) is 5.11 Å². The molecule has 0 aromatic carbocycles. The Balaban J connectivity index is 1.76. The SMILES string of the molecule is COC(=O)CCCN1C(=S)N[C@H](c2ccccn2)[C@H]1c1cc(C)n(-c2ncccc2C)c1C. The first kappa shape index (κ1) is 22.9. The van der Waals surface area contributed by atoms with Gasteiger partial charge in [0, 0.05) is 36.7 Å². The van der Waals surface area contributed by atoms with Crippen molar-refractivity contribution in [3.05, 3.63) is 77.0 Å². The Kier molecular flexibility index (Phi) is 6.74. The number of aromatic nitrogens is 3. The number of nitrogens with one attached hydrogen (secondary N) is 1. The fourth-order valence-corrected chi connectivity index (χ4v) is 4.94. The van der Waals surface area contributed by atoms with Crippen molar-refractivity contribution in [3.8, 4) is 5.82 Å². The van der Waals surface area contributed by atoms with E-state index in [-0.39, 0.29) is 18.1 Å². The predicted molar refractivity (Wildman–Crippen MR) is 131 cm³/mol. The zero-order valence-corrected chi connectivity index (χ0v) is 20.2. The summed E-state index contributed by atoms with van der Waals surface area (Å²) in [6, 6.07) is 12.0. The molecule has 8 heteroatoms. The molecule has 0 radical (unpaired) electrons. The lowest BCUT2D eigenvalue weighted by Crippen LogP contribution is -2.31. The van der Waals surface area contributed by atoms with Crippen LogP contribution in [-0.4, -0.2) is 44.2 Å². The van der Waals surface area contributed by atoms with Crippen LogP contribution in [0.1, 0.15) is 53.1 Å². The van der Waals surface area contributed by atoms with E-state index >= 15 is 0 Å². The molecule has 4 heterocycles. The van der Waals surface area contributed by atoms with Gasteiger partial charge in [-0.2, -0.15) is 0 Å². The number of methoxy groups -OCH3 is 1. The van der Waals surface area contributed by atoms with Gasteiger partial charge in [-0.1, -0.05) is 12.1 Å². The molecule has 0 bridgehead atoms. The second-order valence-corrected chi connectivity index (χ2v) is 8.69.